The minimum Gasteiger partial charge on any atom is -0.358 e. The fourth-order valence-corrected chi connectivity index (χ4v) is 2.54. The van der Waals surface area contributed by atoms with Gasteiger partial charge in [0.2, 0.25) is 5.91 Å². The molecule has 1 amide bonds. The van der Waals surface area contributed by atoms with Gasteiger partial charge in [-0.3, -0.25) is 14.9 Å². The van der Waals surface area contributed by atoms with Gasteiger partial charge in [-0.2, -0.15) is 0 Å². The second-order valence-corrected chi connectivity index (χ2v) is 5.20. The number of pyridine rings is 1. The fraction of sp³-hybridized carbons (Fsp3) is 0.200. The summed E-state index contributed by atoms with van der Waals surface area (Å²) in [7, 11) is 0. The highest BCUT2D eigenvalue weighted by molar-refractivity contribution is 6.01. The van der Waals surface area contributed by atoms with Crippen LogP contribution in [0.2, 0.25) is 0 Å². The van der Waals surface area contributed by atoms with Crippen molar-refractivity contribution in [1.29, 1.82) is 0 Å². The Hall–Kier alpha value is -3.10. The van der Waals surface area contributed by atoms with Crippen molar-refractivity contribution in [1.82, 2.24) is 4.98 Å². The zero-order valence-corrected chi connectivity index (χ0v) is 12.3. The minimum atomic E-state index is -0.808. The van der Waals surface area contributed by atoms with Crippen LogP contribution in [-0.4, -0.2) is 28.4 Å². The van der Waals surface area contributed by atoms with Crippen molar-refractivity contribution in [2.24, 2.45) is 0 Å². The number of benzene rings is 1. The van der Waals surface area contributed by atoms with Crippen molar-refractivity contribution in [3.05, 3.63) is 58.3 Å². The molecule has 1 aliphatic rings. The lowest BCUT2D eigenvalue weighted by Gasteiger charge is -2.18. The molecule has 1 aliphatic heterocycles. The van der Waals surface area contributed by atoms with Crippen LogP contribution in [0.3, 0.4) is 0 Å². The van der Waals surface area contributed by atoms with Crippen LogP contribution in [0.5, 0.6) is 0 Å². The van der Waals surface area contributed by atoms with Crippen LogP contribution in [0.4, 0.5) is 26.0 Å². The maximum Gasteiger partial charge on any atom is 0.287 e. The normalized spacial score (nSPS) is 17.2. The second kappa shape index (κ2) is 6.19. The predicted molar refractivity (Wildman–Crippen MR) is 81.6 cm³/mol. The molecule has 24 heavy (non-hydrogen) atoms. The molecule has 1 unspecified atom stereocenters. The highest BCUT2D eigenvalue weighted by atomic mass is 19.1. The van der Waals surface area contributed by atoms with Gasteiger partial charge >= 0.3 is 0 Å². The number of carbonyl (C=O) groups is 1. The second-order valence-electron chi connectivity index (χ2n) is 5.20. The average Bonchev–Trinajstić information content (AvgIpc) is 2.89. The number of nitro groups is 1. The molecule has 0 saturated carbocycles. The molecule has 1 N–H and O–H groups in total. The number of nitrogens with one attached hydrogen (secondary N) is 1. The first-order chi connectivity index (χ1) is 11.5. The number of anilines is 2. The molecule has 7 nitrogen and oxygen atoms in total. The number of carbonyl (C=O) groups excluding carboxylic acids is 1. The molecule has 0 bridgehead atoms. The van der Waals surface area contributed by atoms with Crippen molar-refractivity contribution in [2.45, 2.75) is 12.5 Å². The molecule has 1 aromatic carbocycles. The first-order valence-corrected chi connectivity index (χ1v) is 7.10. The van der Waals surface area contributed by atoms with E-state index in [1.807, 2.05) is 0 Å². The summed E-state index contributed by atoms with van der Waals surface area (Å²) >= 11 is 0. The van der Waals surface area contributed by atoms with Crippen LogP contribution < -0.4 is 10.2 Å². The zero-order valence-electron chi connectivity index (χ0n) is 12.3. The van der Waals surface area contributed by atoms with Gasteiger partial charge in [-0.1, -0.05) is 6.07 Å². The van der Waals surface area contributed by atoms with Gasteiger partial charge in [-0.05, 0) is 24.6 Å². The van der Waals surface area contributed by atoms with E-state index in [-0.39, 0.29) is 23.7 Å². The van der Waals surface area contributed by atoms with E-state index in [4.69, 9.17) is 0 Å². The van der Waals surface area contributed by atoms with E-state index in [9.17, 15) is 23.7 Å². The smallest absolute Gasteiger partial charge is 0.287 e. The molecule has 124 valence electrons. The number of halogens is 2. The maximum absolute atomic E-state index is 13.8. The number of hydrogen-bond donors (Lipinski definition) is 1. The highest BCUT2D eigenvalue weighted by Crippen LogP contribution is 2.28. The van der Waals surface area contributed by atoms with E-state index in [2.05, 4.69) is 10.3 Å². The Labute approximate surface area is 135 Å². The van der Waals surface area contributed by atoms with Crippen LogP contribution in [0, 0.1) is 21.7 Å². The molecule has 1 atom stereocenters. The van der Waals surface area contributed by atoms with Crippen molar-refractivity contribution >= 4 is 23.1 Å². The molecule has 1 saturated heterocycles. The Bertz CT molecular complexity index is 778. The molecular formula is C15H12F2N4O3. The average molecular weight is 334 g/mol. The van der Waals surface area contributed by atoms with Crippen LogP contribution in [0.25, 0.3) is 0 Å². The quantitative estimate of drug-likeness (QED) is 0.685. The summed E-state index contributed by atoms with van der Waals surface area (Å²) in [6, 6.07) is 5.32. The highest BCUT2D eigenvalue weighted by Gasteiger charge is 2.35. The summed E-state index contributed by atoms with van der Waals surface area (Å²) in [6.45, 7) is 0.154. The summed E-state index contributed by atoms with van der Waals surface area (Å²) in [5.74, 6) is -1.83. The lowest BCUT2D eigenvalue weighted by molar-refractivity contribution is -0.385. The van der Waals surface area contributed by atoms with Gasteiger partial charge in [-0.15, -0.1) is 0 Å². The third-order valence-electron chi connectivity index (χ3n) is 3.69. The summed E-state index contributed by atoms with van der Waals surface area (Å²) in [5, 5.41) is 13.4. The van der Waals surface area contributed by atoms with Crippen molar-refractivity contribution in [3.8, 4) is 0 Å². The Morgan fingerprint density at radius 1 is 1.25 bits per heavy atom. The molecule has 0 aliphatic carbocycles. The first-order valence-electron chi connectivity index (χ1n) is 7.10. The van der Waals surface area contributed by atoms with Crippen LogP contribution in [-0.2, 0) is 4.79 Å². The van der Waals surface area contributed by atoms with Gasteiger partial charge in [-0.25, -0.2) is 13.8 Å². The third kappa shape index (κ3) is 2.87. The number of aromatic nitrogens is 1. The van der Waals surface area contributed by atoms with E-state index in [0.717, 1.165) is 23.2 Å². The molecule has 0 spiro atoms. The summed E-state index contributed by atoms with van der Waals surface area (Å²) < 4.78 is 27.6. The molecule has 1 aromatic heterocycles. The van der Waals surface area contributed by atoms with Gasteiger partial charge in [0.15, 0.2) is 0 Å². The Kier molecular flexibility index (Phi) is 4.07. The third-order valence-corrected chi connectivity index (χ3v) is 3.69. The first kappa shape index (κ1) is 15.8. The Balaban J connectivity index is 1.76. The number of para-hydroxylation sites is 1. The number of hydrogen-bond acceptors (Lipinski definition) is 5. The molecular weight excluding hydrogens is 322 g/mol. The van der Waals surface area contributed by atoms with Crippen LogP contribution in [0.15, 0.2) is 36.5 Å². The standard InChI is InChI=1S/C15H12F2N4O3/c16-10-2-1-3-11(17)14(10)20-7-6-12(15(20)22)19-13-5-4-9(8-18-13)21(23)24/h1-5,8,12H,6-7H2,(H,18,19). The summed E-state index contributed by atoms with van der Waals surface area (Å²) in [5.41, 5.74) is -0.545. The molecule has 2 heterocycles. The van der Waals surface area contributed by atoms with Gasteiger partial charge in [0, 0.05) is 12.6 Å². The molecule has 1 fully saturated rings. The Morgan fingerprint density at radius 2 is 1.96 bits per heavy atom. The van der Waals surface area contributed by atoms with Gasteiger partial charge in [0.1, 0.15) is 35.4 Å². The zero-order chi connectivity index (χ0) is 17.3. The van der Waals surface area contributed by atoms with Crippen LogP contribution >= 0.6 is 0 Å². The minimum absolute atomic E-state index is 0.154. The number of nitrogens with zero attached hydrogens (tertiary/aromatic N) is 3. The van der Waals surface area contributed by atoms with E-state index in [1.54, 1.807) is 0 Å². The summed E-state index contributed by atoms with van der Waals surface area (Å²) in [4.78, 5) is 27.3. The van der Waals surface area contributed by atoms with Crippen molar-refractivity contribution in [2.75, 3.05) is 16.8 Å². The molecule has 3 rings (SSSR count). The predicted octanol–water partition coefficient (Wildman–Crippen LogP) is 2.49. The lowest BCUT2D eigenvalue weighted by Crippen LogP contribution is -2.34. The summed E-state index contributed by atoms with van der Waals surface area (Å²) in [6.07, 6.45) is 1.39. The van der Waals surface area contributed by atoms with E-state index >= 15 is 0 Å². The number of amides is 1. The van der Waals surface area contributed by atoms with E-state index in [0.29, 0.717) is 6.42 Å². The van der Waals surface area contributed by atoms with Gasteiger partial charge in [0.05, 0.1) is 4.92 Å². The van der Waals surface area contributed by atoms with E-state index in [1.165, 1.54) is 18.2 Å². The molecule has 9 heteroatoms. The molecule has 2 aromatic rings. The van der Waals surface area contributed by atoms with Crippen molar-refractivity contribution < 1.29 is 18.5 Å². The van der Waals surface area contributed by atoms with Crippen LogP contribution in [0.1, 0.15) is 6.42 Å². The molecule has 0 radical (unpaired) electrons. The Morgan fingerprint density at radius 3 is 2.54 bits per heavy atom. The number of rotatable bonds is 4. The van der Waals surface area contributed by atoms with Gasteiger partial charge in [0.25, 0.3) is 5.69 Å². The lowest BCUT2D eigenvalue weighted by atomic mass is 10.2. The topological polar surface area (TPSA) is 88.4 Å². The maximum atomic E-state index is 13.8. The fourth-order valence-electron chi connectivity index (χ4n) is 2.54. The monoisotopic (exact) mass is 334 g/mol. The largest absolute Gasteiger partial charge is 0.358 e. The van der Waals surface area contributed by atoms with Crippen molar-refractivity contribution in [3.63, 3.8) is 0 Å². The van der Waals surface area contributed by atoms with Gasteiger partial charge < -0.3 is 10.2 Å². The SMILES string of the molecule is O=C1C(Nc2ccc([N+](=O)[O-])cn2)CCN1c1c(F)cccc1F. The van der Waals surface area contributed by atoms with E-state index < -0.39 is 28.5 Å².